The number of ketones is 1. The number of rotatable bonds is 5. The molecule has 0 saturated heterocycles. The molecule has 2 rings (SSSR count). The van der Waals surface area contributed by atoms with E-state index in [2.05, 4.69) is 0 Å². The van der Waals surface area contributed by atoms with Gasteiger partial charge in [-0.15, -0.1) is 0 Å². The average molecular weight is 333 g/mol. The van der Waals surface area contributed by atoms with Gasteiger partial charge in [0.2, 0.25) is 11.7 Å². The van der Waals surface area contributed by atoms with Gasteiger partial charge in [0.15, 0.2) is 0 Å². The van der Waals surface area contributed by atoms with Crippen molar-refractivity contribution in [2.75, 3.05) is 11.4 Å². The summed E-state index contributed by atoms with van der Waals surface area (Å²) >= 11 is 6.06. The van der Waals surface area contributed by atoms with Crippen molar-refractivity contribution in [1.29, 1.82) is 0 Å². The fourth-order valence-corrected chi connectivity index (χ4v) is 2.44. The molecule has 2 aromatic rings. The Balaban J connectivity index is 2.40. The third-order valence-corrected chi connectivity index (χ3v) is 3.43. The lowest BCUT2D eigenvalue weighted by atomic mass is 10.1. The summed E-state index contributed by atoms with van der Waals surface area (Å²) in [6, 6.07) is 13.3. The highest BCUT2D eigenvalue weighted by Gasteiger charge is 2.19. The van der Waals surface area contributed by atoms with E-state index in [1.807, 2.05) is 6.07 Å². The van der Waals surface area contributed by atoms with Crippen LogP contribution in [0.3, 0.4) is 0 Å². The number of para-hydroxylation sites is 1. The molecule has 0 spiro atoms. The number of halogens is 1. The van der Waals surface area contributed by atoms with Gasteiger partial charge in [0.05, 0.1) is 10.7 Å². The lowest BCUT2D eigenvalue weighted by molar-refractivity contribution is -0.465. The van der Waals surface area contributed by atoms with Crippen LogP contribution >= 0.6 is 11.6 Å². The van der Waals surface area contributed by atoms with Gasteiger partial charge in [0, 0.05) is 23.1 Å². The Morgan fingerprint density at radius 3 is 2.30 bits per heavy atom. The van der Waals surface area contributed by atoms with E-state index in [4.69, 9.17) is 11.6 Å². The average Bonchev–Trinajstić information content (AvgIpc) is 2.47. The highest BCUT2D eigenvalue weighted by molar-refractivity contribution is 6.34. The van der Waals surface area contributed by atoms with Gasteiger partial charge in [-0.05, 0) is 30.3 Å². The molecule has 0 unspecified atom stereocenters. The van der Waals surface area contributed by atoms with Gasteiger partial charge < -0.3 is 0 Å². The topological polar surface area (TPSA) is 80.5 Å². The fraction of sp³-hybridized carbons (Fsp3) is 0.125. The van der Waals surface area contributed by atoms with Crippen molar-refractivity contribution >= 4 is 34.7 Å². The van der Waals surface area contributed by atoms with Crippen LogP contribution in [0.4, 0.5) is 11.4 Å². The van der Waals surface area contributed by atoms with E-state index in [9.17, 15) is 19.7 Å². The van der Waals surface area contributed by atoms with Crippen LogP contribution in [0.5, 0.6) is 0 Å². The first-order chi connectivity index (χ1) is 10.9. The molecule has 2 aromatic carbocycles. The summed E-state index contributed by atoms with van der Waals surface area (Å²) in [5, 5.41) is 10.5. The smallest absolute Gasteiger partial charge is 0.265 e. The Bertz CT molecular complexity index is 762. The molecule has 0 heterocycles. The van der Waals surface area contributed by atoms with Crippen molar-refractivity contribution in [2.45, 2.75) is 6.92 Å². The quantitative estimate of drug-likeness (QED) is 0.477. The predicted molar refractivity (Wildman–Crippen MR) is 86.9 cm³/mol. The Hall–Kier alpha value is -2.73. The molecule has 0 aliphatic carbocycles. The molecule has 0 aliphatic rings. The van der Waals surface area contributed by atoms with Gasteiger partial charge in [-0.25, -0.2) is 0 Å². The fourth-order valence-electron chi connectivity index (χ4n) is 2.16. The maximum absolute atomic E-state index is 11.9. The number of benzene rings is 2. The molecule has 1 amide bonds. The first-order valence-corrected chi connectivity index (χ1v) is 7.08. The number of anilines is 2. The van der Waals surface area contributed by atoms with E-state index in [0.29, 0.717) is 11.4 Å². The molecule has 0 atom stereocenters. The molecule has 0 radical (unpaired) electrons. The van der Waals surface area contributed by atoms with Crippen LogP contribution in [0, 0.1) is 10.1 Å². The Labute approximate surface area is 137 Å². The van der Waals surface area contributed by atoms with Gasteiger partial charge in [-0.1, -0.05) is 29.8 Å². The molecule has 0 bridgehead atoms. The highest BCUT2D eigenvalue weighted by Crippen LogP contribution is 2.29. The van der Waals surface area contributed by atoms with Crippen LogP contribution in [0.1, 0.15) is 17.3 Å². The lowest BCUT2D eigenvalue weighted by Gasteiger charge is -2.22. The first kappa shape index (κ1) is 16.6. The van der Waals surface area contributed by atoms with Gasteiger partial charge in [0.1, 0.15) is 0 Å². The van der Waals surface area contributed by atoms with E-state index in [1.165, 1.54) is 30.0 Å². The van der Waals surface area contributed by atoms with E-state index < -0.39 is 17.3 Å². The van der Waals surface area contributed by atoms with Crippen molar-refractivity contribution in [2.24, 2.45) is 0 Å². The third-order valence-electron chi connectivity index (χ3n) is 3.11. The first-order valence-electron chi connectivity index (χ1n) is 6.70. The van der Waals surface area contributed by atoms with E-state index in [-0.39, 0.29) is 16.5 Å². The maximum Gasteiger partial charge on any atom is 0.265 e. The number of carbonyl (C=O) groups is 2. The summed E-state index contributed by atoms with van der Waals surface area (Å²) in [7, 11) is 0. The second-order valence-corrected chi connectivity index (χ2v) is 5.18. The van der Waals surface area contributed by atoms with Crippen molar-refractivity contribution in [3.05, 3.63) is 69.2 Å². The third kappa shape index (κ3) is 3.92. The van der Waals surface area contributed by atoms with Crippen LogP contribution in [-0.2, 0) is 4.79 Å². The van der Waals surface area contributed by atoms with Crippen molar-refractivity contribution in [3.8, 4) is 0 Å². The molecule has 0 aromatic heterocycles. The summed E-state index contributed by atoms with van der Waals surface area (Å²) in [5.41, 5.74) is 1.19. The minimum Gasteiger partial charge on any atom is -0.287 e. The largest absolute Gasteiger partial charge is 0.287 e. The van der Waals surface area contributed by atoms with Crippen LogP contribution in [0.15, 0.2) is 48.5 Å². The van der Waals surface area contributed by atoms with Crippen molar-refractivity contribution in [3.63, 3.8) is 0 Å². The molecule has 23 heavy (non-hydrogen) atoms. The van der Waals surface area contributed by atoms with Crippen molar-refractivity contribution < 1.29 is 14.5 Å². The monoisotopic (exact) mass is 332 g/mol. The standard InChI is InChI=1S/C16H13ClN2O4/c1-11(20)19(12-5-3-2-4-6-12)13-7-8-14(15(17)9-13)16(21)10-18(22)23/h2-9H,10H2,1H3. The molecule has 6 nitrogen and oxygen atoms in total. The van der Waals surface area contributed by atoms with Crippen LogP contribution in [0.25, 0.3) is 0 Å². The lowest BCUT2D eigenvalue weighted by Crippen LogP contribution is -2.23. The summed E-state index contributed by atoms with van der Waals surface area (Å²) in [6.07, 6.45) is 0. The zero-order valence-electron chi connectivity index (χ0n) is 12.2. The Kier molecular flexibility index (Phi) is 5.08. The number of nitro groups is 1. The number of Topliss-reactive ketones (excluding diaryl/α,β-unsaturated/α-hetero) is 1. The van der Waals surface area contributed by atoms with Gasteiger partial charge in [-0.3, -0.25) is 24.6 Å². The van der Waals surface area contributed by atoms with Gasteiger partial charge >= 0.3 is 0 Å². The number of hydrogen-bond donors (Lipinski definition) is 0. The molecule has 0 fully saturated rings. The minimum absolute atomic E-state index is 0.0590. The predicted octanol–water partition coefficient (Wildman–Crippen LogP) is 3.48. The molecule has 0 N–H and O–H groups in total. The zero-order valence-corrected chi connectivity index (χ0v) is 13.0. The number of nitrogens with zero attached hydrogens (tertiary/aromatic N) is 2. The molecular weight excluding hydrogens is 320 g/mol. The van der Waals surface area contributed by atoms with Gasteiger partial charge in [-0.2, -0.15) is 0 Å². The van der Waals surface area contributed by atoms with Crippen LogP contribution < -0.4 is 4.90 Å². The normalized spacial score (nSPS) is 10.2. The highest BCUT2D eigenvalue weighted by atomic mass is 35.5. The second kappa shape index (κ2) is 7.02. The SMILES string of the molecule is CC(=O)N(c1ccccc1)c1ccc(C(=O)C[N+](=O)[O-])c(Cl)c1. The molecule has 0 saturated carbocycles. The Morgan fingerprint density at radius 2 is 1.78 bits per heavy atom. The second-order valence-electron chi connectivity index (χ2n) is 4.77. The summed E-state index contributed by atoms with van der Waals surface area (Å²) in [5.74, 6) is -0.905. The number of carbonyl (C=O) groups excluding carboxylic acids is 2. The summed E-state index contributed by atoms with van der Waals surface area (Å²) in [4.78, 5) is 34.9. The summed E-state index contributed by atoms with van der Waals surface area (Å²) < 4.78 is 0. The molecule has 7 heteroatoms. The Morgan fingerprint density at radius 1 is 1.13 bits per heavy atom. The van der Waals surface area contributed by atoms with Gasteiger partial charge in [0.25, 0.3) is 6.54 Å². The summed E-state index contributed by atoms with van der Waals surface area (Å²) in [6.45, 7) is 0.584. The minimum atomic E-state index is -0.825. The van der Waals surface area contributed by atoms with Crippen LogP contribution in [0.2, 0.25) is 5.02 Å². The van der Waals surface area contributed by atoms with E-state index in [1.54, 1.807) is 24.3 Å². The zero-order chi connectivity index (χ0) is 17.0. The molecular formula is C16H13ClN2O4. The molecule has 0 aliphatic heterocycles. The van der Waals surface area contributed by atoms with E-state index in [0.717, 1.165) is 0 Å². The number of amides is 1. The number of hydrogen-bond acceptors (Lipinski definition) is 4. The maximum atomic E-state index is 11.9. The van der Waals surface area contributed by atoms with Crippen molar-refractivity contribution in [1.82, 2.24) is 0 Å². The van der Waals surface area contributed by atoms with Crippen LogP contribution in [-0.4, -0.2) is 23.2 Å². The molecule has 118 valence electrons. The van der Waals surface area contributed by atoms with E-state index >= 15 is 0 Å².